The number of piperidine rings is 1. The van der Waals surface area contributed by atoms with Gasteiger partial charge in [-0.05, 0) is 24.3 Å². The monoisotopic (exact) mass is 264 g/mol. The number of nitrogens with zero attached hydrogens (tertiary/aromatic N) is 2. The van der Waals surface area contributed by atoms with E-state index in [0.29, 0.717) is 16.8 Å². The van der Waals surface area contributed by atoms with E-state index in [-0.39, 0.29) is 0 Å². The first-order valence-corrected chi connectivity index (χ1v) is 6.62. The second kappa shape index (κ2) is 5.08. The van der Waals surface area contributed by atoms with Gasteiger partial charge in [-0.25, -0.2) is 0 Å². The maximum absolute atomic E-state index is 5.86. The number of benzene rings is 1. The fourth-order valence-corrected chi connectivity index (χ4v) is 2.42. The molecule has 2 heterocycles. The molecule has 94 valence electrons. The summed E-state index contributed by atoms with van der Waals surface area (Å²) < 4.78 is 5.38. The van der Waals surface area contributed by atoms with Crippen molar-refractivity contribution in [2.45, 2.75) is 18.8 Å². The first-order valence-electron chi connectivity index (χ1n) is 6.24. The standard InChI is InChI=1S/C13H14ClN3O/c14-11-3-1-9(2-4-11)12-16-13(18-17-12)10-5-7-15-8-6-10/h1-4,10,15H,5-8H2/p+1. The quantitative estimate of drug-likeness (QED) is 0.900. The third-order valence-corrected chi connectivity index (χ3v) is 3.58. The zero-order valence-corrected chi connectivity index (χ0v) is 10.7. The maximum Gasteiger partial charge on any atom is 0.230 e. The zero-order chi connectivity index (χ0) is 12.4. The summed E-state index contributed by atoms with van der Waals surface area (Å²) in [6.45, 7) is 2.28. The number of halogens is 1. The molecule has 4 nitrogen and oxygen atoms in total. The molecule has 2 aromatic rings. The molecule has 0 aliphatic carbocycles. The molecular formula is C13H15ClN3O+. The van der Waals surface area contributed by atoms with E-state index >= 15 is 0 Å². The van der Waals surface area contributed by atoms with Gasteiger partial charge in [-0.1, -0.05) is 16.8 Å². The minimum absolute atomic E-state index is 0.420. The van der Waals surface area contributed by atoms with Crippen molar-refractivity contribution in [3.05, 3.63) is 35.2 Å². The Bertz CT molecular complexity index is 517. The van der Waals surface area contributed by atoms with Gasteiger partial charge in [0, 0.05) is 29.3 Å². The lowest BCUT2D eigenvalue weighted by Crippen LogP contribution is -2.86. The van der Waals surface area contributed by atoms with Gasteiger partial charge in [-0.3, -0.25) is 0 Å². The first-order chi connectivity index (χ1) is 8.83. The smallest absolute Gasteiger partial charge is 0.230 e. The third kappa shape index (κ3) is 2.40. The normalized spacial score (nSPS) is 16.9. The Balaban J connectivity index is 1.82. The molecule has 1 aliphatic heterocycles. The van der Waals surface area contributed by atoms with Gasteiger partial charge >= 0.3 is 0 Å². The van der Waals surface area contributed by atoms with Crippen LogP contribution in [0.15, 0.2) is 28.8 Å². The Kier molecular flexibility index (Phi) is 3.30. The topological polar surface area (TPSA) is 55.5 Å². The molecular weight excluding hydrogens is 250 g/mol. The predicted molar refractivity (Wildman–Crippen MR) is 68.4 cm³/mol. The summed E-state index contributed by atoms with van der Waals surface area (Å²) in [7, 11) is 0. The lowest BCUT2D eigenvalue weighted by Gasteiger charge is -2.15. The highest BCUT2D eigenvalue weighted by Gasteiger charge is 2.23. The second-order valence-electron chi connectivity index (χ2n) is 4.60. The van der Waals surface area contributed by atoms with Crippen molar-refractivity contribution in [2.75, 3.05) is 13.1 Å². The van der Waals surface area contributed by atoms with E-state index in [1.165, 1.54) is 0 Å². The van der Waals surface area contributed by atoms with Crippen LogP contribution in [-0.4, -0.2) is 23.2 Å². The van der Waals surface area contributed by atoms with Crippen molar-refractivity contribution >= 4 is 11.6 Å². The summed E-state index contributed by atoms with van der Waals surface area (Å²) >= 11 is 5.86. The predicted octanol–water partition coefficient (Wildman–Crippen LogP) is 1.83. The molecule has 1 saturated heterocycles. The largest absolute Gasteiger partial charge is 0.346 e. The molecule has 0 saturated carbocycles. The van der Waals surface area contributed by atoms with Crippen molar-refractivity contribution in [2.24, 2.45) is 0 Å². The molecule has 1 aliphatic rings. The van der Waals surface area contributed by atoms with Crippen LogP contribution in [-0.2, 0) is 0 Å². The summed E-state index contributed by atoms with van der Waals surface area (Å²) in [5.41, 5.74) is 0.941. The highest BCUT2D eigenvalue weighted by Crippen LogP contribution is 2.25. The van der Waals surface area contributed by atoms with E-state index in [1.807, 2.05) is 24.3 Å². The number of nitrogens with two attached hydrogens (primary N) is 1. The highest BCUT2D eigenvalue weighted by atomic mass is 35.5. The van der Waals surface area contributed by atoms with Crippen molar-refractivity contribution in [3.63, 3.8) is 0 Å². The van der Waals surface area contributed by atoms with Crippen LogP contribution in [0.5, 0.6) is 0 Å². The van der Waals surface area contributed by atoms with Gasteiger partial charge < -0.3 is 9.84 Å². The molecule has 3 rings (SSSR count). The lowest BCUT2D eigenvalue weighted by molar-refractivity contribution is -0.663. The van der Waals surface area contributed by atoms with Crippen LogP contribution in [0.25, 0.3) is 11.4 Å². The summed E-state index contributed by atoms with van der Waals surface area (Å²) in [5.74, 6) is 1.84. The van der Waals surface area contributed by atoms with Crippen molar-refractivity contribution in [1.29, 1.82) is 0 Å². The van der Waals surface area contributed by atoms with E-state index in [0.717, 1.165) is 37.4 Å². The van der Waals surface area contributed by atoms with Crippen molar-refractivity contribution < 1.29 is 9.84 Å². The molecule has 1 aromatic carbocycles. The highest BCUT2D eigenvalue weighted by molar-refractivity contribution is 6.30. The molecule has 5 heteroatoms. The van der Waals surface area contributed by atoms with Gasteiger partial charge in [0.2, 0.25) is 11.7 Å². The minimum atomic E-state index is 0.420. The van der Waals surface area contributed by atoms with Gasteiger partial charge in [-0.2, -0.15) is 4.98 Å². The Morgan fingerprint density at radius 3 is 2.61 bits per heavy atom. The summed E-state index contributed by atoms with van der Waals surface area (Å²) in [4.78, 5) is 4.50. The second-order valence-corrected chi connectivity index (χ2v) is 5.04. The van der Waals surface area contributed by atoms with Crippen LogP contribution in [0.4, 0.5) is 0 Å². The van der Waals surface area contributed by atoms with Crippen LogP contribution < -0.4 is 5.32 Å². The Labute approximate surface area is 110 Å². The Morgan fingerprint density at radius 2 is 1.89 bits per heavy atom. The molecule has 0 radical (unpaired) electrons. The summed E-state index contributed by atoms with van der Waals surface area (Å²) in [5, 5.41) is 7.09. The zero-order valence-electron chi connectivity index (χ0n) is 9.97. The number of rotatable bonds is 2. The van der Waals surface area contributed by atoms with E-state index in [2.05, 4.69) is 15.5 Å². The first kappa shape index (κ1) is 11.7. The van der Waals surface area contributed by atoms with Crippen LogP contribution in [0.2, 0.25) is 5.02 Å². The third-order valence-electron chi connectivity index (χ3n) is 3.33. The Morgan fingerprint density at radius 1 is 1.17 bits per heavy atom. The fraction of sp³-hybridized carbons (Fsp3) is 0.385. The van der Waals surface area contributed by atoms with Crippen LogP contribution in [0.3, 0.4) is 0 Å². The molecule has 1 fully saturated rings. The molecule has 0 atom stereocenters. The number of aromatic nitrogens is 2. The molecule has 18 heavy (non-hydrogen) atoms. The summed E-state index contributed by atoms with van der Waals surface area (Å²) in [6.07, 6.45) is 2.23. The van der Waals surface area contributed by atoms with E-state index in [9.17, 15) is 0 Å². The summed E-state index contributed by atoms with van der Waals surface area (Å²) in [6, 6.07) is 7.49. The van der Waals surface area contributed by atoms with Gasteiger partial charge in [0.05, 0.1) is 13.1 Å². The van der Waals surface area contributed by atoms with Crippen LogP contribution >= 0.6 is 11.6 Å². The molecule has 1 aromatic heterocycles. The van der Waals surface area contributed by atoms with Gasteiger partial charge in [0.1, 0.15) is 0 Å². The fourth-order valence-electron chi connectivity index (χ4n) is 2.29. The van der Waals surface area contributed by atoms with Crippen LogP contribution in [0.1, 0.15) is 24.7 Å². The maximum atomic E-state index is 5.86. The van der Waals surface area contributed by atoms with E-state index < -0.39 is 0 Å². The SMILES string of the molecule is Clc1ccc(-c2noc(C3CC[NH2+]CC3)n2)cc1. The molecule has 0 amide bonds. The molecule has 0 bridgehead atoms. The number of hydrogen-bond acceptors (Lipinski definition) is 3. The average Bonchev–Trinajstić information content (AvgIpc) is 2.90. The number of hydrogen-bond donors (Lipinski definition) is 1. The van der Waals surface area contributed by atoms with Gasteiger partial charge in [0.15, 0.2) is 0 Å². The average molecular weight is 265 g/mol. The van der Waals surface area contributed by atoms with Crippen molar-refractivity contribution in [1.82, 2.24) is 10.1 Å². The number of quaternary nitrogens is 1. The van der Waals surface area contributed by atoms with Crippen LogP contribution in [0, 0.1) is 0 Å². The van der Waals surface area contributed by atoms with Crippen molar-refractivity contribution in [3.8, 4) is 11.4 Å². The molecule has 0 spiro atoms. The Hall–Kier alpha value is -1.39. The van der Waals surface area contributed by atoms with E-state index in [1.54, 1.807) is 0 Å². The van der Waals surface area contributed by atoms with Gasteiger partial charge in [-0.15, -0.1) is 0 Å². The molecule has 0 unspecified atom stereocenters. The lowest BCUT2D eigenvalue weighted by atomic mass is 9.98. The molecule has 2 N–H and O–H groups in total. The van der Waals surface area contributed by atoms with Gasteiger partial charge in [0.25, 0.3) is 0 Å². The van der Waals surface area contributed by atoms with E-state index in [4.69, 9.17) is 16.1 Å². The minimum Gasteiger partial charge on any atom is -0.346 e.